The van der Waals surface area contributed by atoms with E-state index in [9.17, 15) is 13.2 Å². The Morgan fingerprint density at radius 1 is 0.857 bits per heavy atom. The standard InChI is InChI=1S/C21H19ClN2O3S/c22-18-8-12-20(13-9-18)28(26,27)24-19-10-6-17(7-11-19)21(25)23-15-14-16-4-2-1-3-5-16/h1-13,24H,14-15H2,(H,23,25). The highest BCUT2D eigenvalue weighted by Crippen LogP contribution is 2.18. The second-order valence-corrected chi connectivity index (χ2v) is 8.25. The maximum absolute atomic E-state index is 12.4. The SMILES string of the molecule is O=C(NCCc1ccccc1)c1ccc(NS(=O)(=O)c2ccc(Cl)cc2)cc1. The van der Waals surface area contributed by atoms with Gasteiger partial charge in [0, 0.05) is 22.8 Å². The molecule has 0 radical (unpaired) electrons. The normalized spacial score (nSPS) is 11.0. The molecule has 7 heteroatoms. The molecule has 0 fully saturated rings. The maximum atomic E-state index is 12.4. The molecule has 0 bridgehead atoms. The van der Waals surface area contributed by atoms with Crippen LogP contribution in [0.3, 0.4) is 0 Å². The molecule has 0 heterocycles. The van der Waals surface area contributed by atoms with E-state index in [4.69, 9.17) is 11.6 Å². The molecule has 0 saturated heterocycles. The number of carbonyl (C=O) groups excluding carboxylic acids is 1. The molecule has 0 saturated carbocycles. The van der Waals surface area contributed by atoms with Crippen molar-refractivity contribution in [2.75, 3.05) is 11.3 Å². The number of benzene rings is 3. The van der Waals surface area contributed by atoms with E-state index < -0.39 is 10.0 Å². The van der Waals surface area contributed by atoms with Gasteiger partial charge in [-0.1, -0.05) is 41.9 Å². The Kier molecular flexibility index (Phi) is 6.34. The van der Waals surface area contributed by atoms with Crippen LogP contribution < -0.4 is 10.0 Å². The van der Waals surface area contributed by atoms with Crippen molar-refractivity contribution in [3.8, 4) is 0 Å². The predicted molar refractivity (Wildman–Crippen MR) is 111 cm³/mol. The summed E-state index contributed by atoms with van der Waals surface area (Å²) in [5.74, 6) is -0.206. The zero-order valence-electron chi connectivity index (χ0n) is 14.9. The minimum Gasteiger partial charge on any atom is -0.352 e. The summed E-state index contributed by atoms with van der Waals surface area (Å²) in [6, 6.07) is 22.0. The summed E-state index contributed by atoms with van der Waals surface area (Å²) in [6.45, 7) is 0.522. The number of rotatable bonds is 7. The van der Waals surface area contributed by atoms with Gasteiger partial charge in [-0.25, -0.2) is 8.42 Å². The topological polar surface area (TPSA) is 75.3 Å². The zero-order valence-corrected chi connectivity index (χ0v) is 16.5. The van der Waals surface area contributed by atoms with Crippen LogP contribution in [0.4, 0.5) is 5.69 Å². The first-order chi connectivity index (χ1) is 13.4. The van der Waals surface area contributed by atoms with Gasteiger partial charge in [-0.3, -0.25) is 9.52 Å². The monoisotopic (exact) mass is 414 g/mol. The van der Waals surface area contributed by atoms with Gasteiger partial charge in [-0.05, 0) is 60.5 Å². The van der Waals surface area contributed by atoms with E-state index in [1.54, 1.807) is 24.3 Å². The van der Waals surface area contributed by atoms with Gasteiger partial charge in [-0.2, -0.15) is 0 Å². The molecule has 3 aromatic carbocycles. The third kappa shape index (κ3) is 5.34. The second-order valence-electron chi connectivity index (χ2n) is 6.13. The van der Waals surface area contributed by atoms with Gasteiger partial charge >= 0.3 is 0 Å². The van der Waals surface area contributed by atoms with Crippen LogP contribution in [0.5, 0.6) is 0 Å². The molecular formula is C21H19ClN2O3S. The molecule has 2 N–H and O–H groups in total. The van der Waals surface area contributed by atoms with Crippen LogP contribution >= 0.6 is 11.6 Å². The van der Waals surface area contributed by atoms with Crippen LogP contribution in [0.2, 0.25) is 5.02 Å². The third-order valence-electron chi connectivity index (χ3n) is 4.07. The summed E-state index contributed by atoms with van der Waals surface area (Å²) in [5, 5.41) is 3.32. The van der Waals surface area contributed by atoms with Crippen molar-refractivity contribution in [1.82, 2.24) is 5.32 Å². The van der Waals surface area contributed by atoms with Gasteiger partial charge in [0.1, 0.15) is 0 Å². The van der Waals surface area contributed by atoms with Gasteiger partial charge in [0.2, 0.25) is 0 Å². The average molecular weight is 415 g/mol. The Labute approximate surface area is 169 Å². The number of hydrogen-bond acceptors (Lipinski definition) is 3. The van der Waals surface area contributed by atoms with Crippen LogP contribution in [0.15, 0.2) is 83.8 Å². The van der Waals surface area contributed by atoms with Gasteiger partial charge in [-0.15, -0.1) is 0 Å². The quantitative estimate of drug-likeness (QED) is 0.610. The molecule has 0 aliphatic rings. The third-order valence-corrected chi connectivity index (χ3v) is 5.71. The molecule has 1 amide bonds. The molecule has 0 aliphatic heterocycles. The molecule has 144 valence electrons. The second kappa shape index (κ2) is 8.91. The Bertz CT molecular complexity index is 1040. The summed E-state index contributed by atoms with van der Waals surface area (Å²) in [4.78, 5) is 12.3. The summed E-state index contributed by atoms with van der Waals surface area (Å²) >= 11 is 5.79. The van der Waals surface area contributed by atoms with Crippen LogP contribution in [0.25, 0.3) is 0 Å². The van der Waals surface area contributed by atoms with Crippen LogP contribution in [0, 0.1) is 0 Å². The van der Waals surface area contributed by atoms with Crippen LogP contribution in [-0.2, 0) is 16.4 Å². The van der Waals surface area contributed by atoms with E-state index in [0.717, 1.165) is 12.0 Å². The van der Waals surface area contributed by atoms with Gasteiger partial charge in [0.05, 0.1) is 4.90 Å². The molecule has 0 aromatic heterocycles. The molecule has 0 atom stereocenters. The van der Waals surface area contributed by atoms with E-state index in [1.165, 1.54) is 24.3 Å². The molecule has 3 aromatic rings. The number of anilines is 1. The van der Waals surface area contributed by atoms with E-state index in [-0.39, 0.29) is 10.8 Å². The maximum Gasteiger partial charge on any atom is 0.261 e. The molecular weight excluding hydrogens is 396 g/mol. The number of nitrogens with one attached hydrogen (secondary N) is 2. The Balaban J connectivity index is 1.58. The number of carbonyl (C=O) groups is 1. The number of hydrogen-bond donors (Lipinski definition) is 2. The molecule has 5 nitrogen and oxygen atoms in total. The lowest BCUT2D eigenvalue weighted by molar-refractivity contribution is 0.0954. The van der Waals surface area contributed by atoms with Crippen LogP contribution in [-0.4, -0.2) is 20.9 Å². The van der Waals surface area contributed by atoms with Crippen molar-refractivity contribution >= 4 is 33.2 Å². The molecule has 3 rings (SSSR count). The minimum absolute atomic E-state index is 0.111. The van der Waals surface area contributed by atoms with Crippen molar-refractivity contribution in [2.45, 2.75) is 11.3 Å². The Morgan fingerprint density at radius 2 is 1.50 bits per heavy atom. The van der Waals surface area contributed by atoms with Crippen molar-refractivity contribution in [2.24, 2.45) is 0 Å². The fourth-order valence-corrected chi connectivity index (χ4v) is 3.77. The van der Waals surface area contributed by atoms with Gasteiger partial charge in [0.15, 0.2) is 0 Å². The zero-order chi connectivity index (χ0) is 20.0. The van der Waals surface area contributed by atoms with Gasteiger partial charge < -0.3 is 5.32 Å². The fraction of sp³-hybridized carbons (Fsp3) is 0.0952. The van der Waals surface area contributed by atoms with Gasteiger partial charge in [0.25, 0.3) is 15.9 Å². The summed E-state index contributed by atoms with van der Waals surface area (Å²) in [5.41, 5.74) is 1.98. The van der Waals surface area contributed by atoms with Crippen molar-refractivity contribution in [3.05, 3.63) is 95.0 Å². The van der Waals surface area contributed by atoms with Crippen molar-refractivity contribution in [3.63, 3.8) is 0 Å². The lowest BCUT2D eigenvalue weighted by atomic mass is 10.1. The Morgan fingerprint density at radius 3 is 2.14 bits per heavy atom. The first-order valence-electron chi connectivity index (χ1n) is 8.65. The van der Waals surface area contributed by atoms with E-state index in [1.807, 2.05) is 30.3 Å². The first kappa shape index (κ1) is 19.9. The van der Waals surface area contributed by atoms with Crippen molar-refractivity contribution < 1.29 is 13.2 Å². The highest BCUT2D eigenvalue weighted by molar-refractivity contribution is 7.92. The molecule has 0 spiro atoms. The highest BCUT2D eigenvalue weighted by Gasteiger charge is 2.14. The lowest BCUT2D eigenvalue weighted by Crippen LogP contribution is -2.25. The number of sulfonamides is 1. The summed E-state index contributed by atoms with van der Waals surface area (Å²) < 4.78 is 27.2. The first-order valence-corrected chi connectivity index (χ1v) is 10.5. The summed E-state index contributed by atoms with van der Waals surface area (Å²) in [7, 11) is -3.72. The largest absolute Gasteiger partial charge is 0.352 e. The molecule has 28 heavy (non-hydrogen) atoms. The lowest BCUT2D eigenvalue weighted by Gasteiger charge is -2.09. The molecule has 0 aliphatic carbocycles. The highest BCUT2D eigenvalue weighted by atomic mass is 35.5. The minimum atomic E-state index is -3.72. The summed E-state index contributed by atoms with van der Waals surface area (Å²) in [6.07, 6.45) is 0.742. The Hall–Kier alpha value is -2.83. The predicted octanol–water partition coefficient (Wildman–Crippen LogP) is 4.11. The van der Waals surface area contributed by atoms with Crippen molar-refractivity contribution in [1.29, 1.82) is 0 Å². The fourth-order valence-electron chi connectivity index (χ4n) is 2.58. The smallest absolute Gasteiger partial charge is 0.261 e. The van der Waals surface area contributed by atoms with Crippen LogP contribution in [0.1, 0.15) is 15.9 Å². The average Bonchev–Trinajstić information content (AvgIpc) is 2.69. The van der Waals surface area contributed by atoms with E-state index >= 15 is 0 Å². The van der Waals surface area contributed by atoms with E-state index in [2.05, 4.69) is 10.0 Å². The van der Waals surface area contributed by atoms with E-state index in [0.29, 0.717) is 22.8 Å². The number of halogens is 1. The number of amides is 1. The molecule has 0 unspecified atom stereocenters.